The highest BCUT2D eigenvalue weighted by atomic mass is 32.2. The molecule has 1 saturated heterocycles. The number of sulfonamides is 1. The molecule has 6 heteroatoms. The summed E-state index contributed by atoms with van der Waals surface area (Å²) in [4.78, 5) is 14.1. The van der Waals surface area contributed by atoms with E-state index in [4.69, 9.17) is 0 Å². The van der Waals surface area contributed by atoms with Gasteiger partial charge in [-0.2, -0.15) is 0 Å². The Morgan fingerprint density at radius 3 is 2.15 bits per heavy atom. The topological polar surface area (TPSA) is 57.7 Å². The van der Waals surface area contributed by atoms with Gasteiger partial charge in [-0.05, 0) is 18.8 Å². The van der Waals surface area contributed by atoms with Crippen LogP contribution in [0.25, 0.3) is 0 Å². The van der Waals surface area contributed by atoms with Crippen LogP contribution in [0, 0.1) is 5.92 Å². The standard InChI is InChI=1S/C14H28N2O3S/c1-13(2)12-16(20(3,18)19)11-8-14(17)15-9-6-4-5-7-10-15/h13H,4-12H2,1-3H3. The Morgan fingerprint density at radius 2 is 1.70 bits per heavy atom. The summed E-state index contributed by atoms with van der Waals surface area (Å²) in [6.07, 6.45) is 6.01. The van der Waals surface area contributed by atoms with Gasteiger partial charge >= 0.3 is 0 Å². The smallest absolute Gasteiger partial charge is 0.223 e. The van der Waals surface area contributed by atoms with Crippen molar-refractivity contribution >= 4 is 15.9 Å². The van der Waals surface area contributed by atoms with E-state index in [2.05, 4.69) is 0 Å². The van der Waals surface area contributed by atoms with E-state index in [9.17, 15) is 13.2 Å². The van der Waals surface area contributed by atoms with E-state index in [1.165, 1.54) is 23.4 Å². The second-order valence-electron chi connectivity index (χ2n) is 6.06. The van der Waals surface area contributed by atoms with Crippen molar-refractivity contribution in [2.75, 3.05) is 32.4 Å². The van der Waals surface area contributed by atoms with Gasteiger partial charge in [0.2, 0.25) is 15.9 Å². The predicted molar refractivity (Wildman–Crippen MR) is 80.9 cm³/mol. The fourth-order valence-corrected chi connectivity index (χ4v) is 3.49. The summed E-state index contributed by atoms with van der Waals surface area (Å²) in [5.41, 5.74) is 0. The first-order valence-electron chi connectivity index (χ1n) is 7.53. The van der Waals surface area contributed by atoms with Crippen molar-refractivity contribution in [1.29, 1.82) is 0 Å². The molecule has 0 unspecified atom stereocenters. The van der Waals surface area contributed by atoms with Crippen LogP contribution < -0.4 is 0 Å². The van der Waals surface area contributed by atoms with Gasteiger partial charge in [-0.15, -0.1) is 0 Å². The first kappa shape index (κ1) is 17.4. The van der Waals surface area contributed by atoms with Crippen molar-refractivity contribution < 1.29 is 13.2 Å². The maximum absolute atomic E-state index is 12.2. The van der Waals surface area contributed by atoms with E-state index in [1.54, 1.807) is 0 Å². The molecule has 0 atom stereocenters. The summed E-state index contributed by atoms with van der Waals surface area (Å²) >= 11 is 0. The lowest BCUT2D eigenvalue weighted by molar-refractivity contribution is -0.131. The number of rotatable bonds is 6. The molecule has 0 bridgehead atoms. The maximum Gasteiger partial charge on any atom is 0.223 e. The molecule has 0 spiro atoms. The van der Waals surface area contributed by atoms with Gasteiger partial charge in [-0.3, -0.25) is 4.79 Å². The molecule has 1 aliphatic rings. The molecule has 20 heavy (non-hydrogen) atoms. The zero-order valence-corrected chi connectivity index (χ0v) is 13.8. The predicted octanol–water partition coefficient (Wildman–Crippen LogP) is 1.70. The Balaban J connectivity index is 2.51. The zero-order valence-electron chi connectivity index (χ0n) is 13.0. The molecule has 0 saturated carbocycles. The molecule has 1 amide bonds. The van der Waals surface area contributed by atoms with Crippen molar-refractivity contribution in [3.05, 3.63) is 0 Å². The van der Waals surface area contributed by atoms with Crippen LogP contribution in [0.15, 0.2) is 0 Å². The van der Waals surface area contributed by atoms with Gasteiger partial charge in [0.15, 0.2) is 0 Å². The number of carbonyl (C=O) groups is 1. The lowest BCUT2D eigenvalue weighted by Crippen LogP contribution is -2.38. The third-order valence-corrected chi connectivity index (χ3v) is 4.84. The lowest BCUT2D eigenvalue weighted by atomic mass is 10.2. The molecule has 0 N–H and O–H groups in total. The summed E-state index contributed by atoms with van der Waals surface area (Å²) in [6, 6.07) is 0. The minimum atomic E-state index is -3.23. The molecular weight excluding hydrogens is 276 g/mol. The molecule has 0 radical (unpaired) electrons. The largest absolute Gasteiger partial charge is 0.343 e. The van der Waals surface area contributed by atoms with Crippen molar-refractivity contribution in [2.45, 2.75) is 46.0 Å². The fraction of sp³-hybridized carbons (Fsp3) is 0.929. The minimum absolute atomic E-state index is 0.0873. The number of hydrogen-bond acceptors (Lipinski definition) is 3. The van der Waals surface area contributed by atoms with Crippen LogP contribution in [-0.2, 0) is 14.8 Å². The maximum atomic E-state index is 12.2. The molecular formula is C14H28N2O3S. The number of hydrogen-bond donors (Lipinski definition) is 0. The SMILES string of the molecule is CC(C)CN(CCC(=O)N1CCCCCC1)S(C)(=O)=O. The van der Waals surface area contributed by atoms with Crippen LogP contribution in [0.3, 0.4) is 0 Å². The molecule has 1 aliphatic heterocycles. The monoisotopic (exact) mass is 304 g/mol. The summed E-state index contributed by atoms with van der Waals surface area (Å²) in [5, 5.41) is 0. The van der Waals surface area contributed by atoms with Crippen LogP contribution in [0.1, 0.15) is 46.0 Å². The van der Waals surface area contributed by atoms with Crippen LogP contribution in [-0.4, -0.2) is 56.0 Å². The number of amides is 1. The lowest BCUT2D eigenvalue weighted by Gasteiger charge is -2.24. The number of likely N-dealkylation sites (tertiary alicyclic amines) is 1. The summed E-state index contributed by atoms with van der Waals surface area (Å²) in [6.45, 7) is 6.38. The minimum Gasteiger partial charge on any atom is -0.343 e. The second-order valence-corrected chi connectivity index (χ2v) is 8.04. The van der Waals surface area contributed by atoms with Crippen LogP contribution in [0.2, 0.25) is 0 Å². The molecule has 1 rings (SSSR count). The highest BCUT2D eigenvalue weighted by molar-refractivity contribution is 7.88. The summed E-state index contributed by atoms with van der Waals surface area (Å²) < 4.78 is 24.8. The van der Waals surface area contributed by atoms with Crippen LogP contribution >= 0.6 is 0 Å². The van der Waals surface area contributed by atoms with Crippen molar-refractivity contribution in [1.82, 2.24) is 9.21 Å². The Kier molecular flexibility index (Phi) is 6.95. The van der Waals surface area contributed by atoms with Crippen LogP contribution in [0.4, 0.5) is 0 Å². The Morgan fingerprint density at radius 1 is 1.15 bits per heavy atom. The molecule has 0 aromatic rings. The zero-order chi connectivity index (χ0) is 15.2. The van der Waals surface area contributed by atoms with Crippen molar-refractivity contribution in [3.63, 3.8) is 0 Å². The van der Waals surface area contributed by atoms with E-state index < -0.39 is 10.0 Å². The Hall–Kier alpha value is -0.620. The van der Waals surface area contributed by atoms with Gasteiger partial charge in [0.05, 0.1) is 6.26 Å². The third-order valence-electron chi connectivity index (χ3n) is 3.57. The summed E-state index contributed by atoms with van der Waals surface area (Å²) in [7, 11) is -3.23. The first-order chi connectivity index (χ1) is 9.30. The van der Waals surface area contributed by atoms with Gasteiger partial charge in [0.25, 0.3) is 0 Å². The van der Waals surface area contributed by atoms with Crippen molar-refractivity contribution in [3.8, 4) is 0 Å². The normalized spacial score (nSPS) is 17.6. The fourth-order valence-electron chi connectivity index (χ4n) is 2.50. The summed E-state index contributed by atoms with van der Waals surface area (Å²) in [5.74, 6) is 0.349. The number of nitrogens with zero attached hydrogens (tertiary/aromatic N) is 2. The average Bonchev–Trinajstić information content (AvgIpc) is 2.61. The molecule has 1 heterocycles. The van der Waals surface area contributed by atoms with E-state index in [1.807, 2.05) is 18.7 Å². The first-order valence-corrected chi connectivity index (χ1v) is 9.38. The van der Waals surface area contributed by atoms with Crippen molar-refractivity contribution in [2.24, 2.45) is 5.92 Å². The third kappa shape index (κ3) is 6.22. The number of carbonyl (C=O) groups excluding carboxylic acids is 1. The van der Waals surface area contributed by atoms with E-state index in [0.29, 0.717) is 19.5 Å². The van der Waals surface area contributed by atoms with E-state index in [0.717, 1.165) is 25.9 Å². The second kappa shape index (κ2) is 7.98. The van der Waals surface area contributed by atoms with Gasteiger partial charge < -0.3 is 4.90 Å². The average molecular weight is 304 g/mol. The highest BCUT2D eigenvalue weighted by Crippen LogP contribution is 2.12. The Labute approximate surface area is 123 Å². The molecule has 0 aromatic heterocycles. The van der Waals surface area contributed by atoms with Gasteiger partial charge in [0, 0.05) is 32.6 Å². The van der Waals surface area contributed by atoms with Crippen LogP contribution in [0.5, 0.6) is 0 Å². The molecule has 5 nitrogen and oxygen atoms in total. The molecule has 0 aliphatic carbocycles. The van der Waals surface area contributed by atoms with E-state index in [-0.39, 0.29) is 11.8 Å². The van der Waals surface area contributed by atoms with E-state index >= 15 is 0 Å². The molecule has 1 fully saturated rings. The highest BCUT2D eigenvalue weighted by Gasteiger charge is 2.21. The van der Waals surface area contributed by atoms with Gasteiger partial charge in [-0.25, -0.2) is 12.7 Å². The van der Waals surface area contributed by atoms with Gasteiger partial charge in [0.1, 0.15) is 0 Å². The quantitative estimate of drug-likeness (QED) is 0.750. The van der Waals surface area contributed by atoms with Gasteiger partial charge in [-0.1, -0.05) is 26.7 Å². The Bertz CT molecular complexity index is 399. The molecule has 0 aromatic carbocycles. The molecule has 118 valence electrons.